The van der Waals surface area contributed by atoms with Crippen molar-refractivity contribution in [1.82, 2.24) is 9.88 Å². The van der Waals surface area contributed by atoms with Crippen molar-refractivity contribution in [2.75, 3.05) is 43.6 Å². The summed E-state index contributed by atoms with van der Waals surface area (Å²) in [6, 6.07) is 0.801. The van der Waals surface area contributed by atoms with E-state index in [1.165, 1.54) is 0 Å². The van der Waals surface area contributed by atoms with Crippen LogP contribution >= 0.6 is 0 Å². The zero-order chi connectivity index (χ0) is 12.4. The molecule has 3 N–H and O–H groups in total. The lowest BCUT2D eigenvalue weighted by molar-refractivity contribution is 0.310. The molecule has 0 aliphatic carbocycles. The maximum Gasteiger partial charge on any atom is 0.178 e. The second-order valence-electron chi connectivity index (χ2n) is 4.06. The van der Waals surface area contributed by atoms with Crippen LogP contribution in [0.15, 0.2) is 6.07 Å². The van der Waals surface area contributed by atoms with Gasteiger partial charge in [0.05, 0.1) is 0 Å². The van der Waals surface area contributed by atoms with Crippen LogP contribution in [0.5, 0.6) is 0 Å². The molecule has 0 atom stereocenters. The lowest BCUT2D eigenvalue weighted by Gasteiger charge is -2.33. The fourth-order valence-electron chi connectivity index (χ4n) is 1.80. The fourth-order valence-corrected chi connectivity index (χ4v) is 1.80. The second-order valence-corrected chi connectivity index (χ2v) is 4.06. The van der Waals surface area contributed by atoms with Gasteiger partial charge in [-0.2, -0.15) is 0 Å². The number of piperazine rings is 1. The molecule has 1 aromatic rings. The van der Waals surface area contributed by atoms with Gasteiger partial charge in [-0.05, 0) is 7.05 Å². The first-order chi connectivity index (χ1) is 8.11. The molecule has 0 spiro atoms. The number of hydrazine groups is 1. The third-order valence-corrected chi connectivity index (χ3v) is 2.85. The molecule has 1 aliphatic heterocycles. The van der Waals surface area contributed by atoms with E-state index in [1.807, 2.05) is 7.05 Å². The van der Waals surface area contributed by atoms with Gasteiger partial charge < -0.3 is 15.2 Å². The van der Waals surface area contributed by atoms with E-state index < -0.39 is 11.6 Å². The van der Waals surface area contributed by atoms with Crippen molar-refractivity contribution in [2.24, 2.45) is 5.84 Å². The number of hydrogen-bond acceptors (Lipinski definition) is 5. The minimum atomic E-state index is -0.789. The number of likely N-dealkylation sites (N-methyl/N-ethyl adjacent to an activating group) is 1. The Morgan fingerprint density at radius 1 is 1.24 bits per heavy atom. The minimum Gasteiger partial charge on any atom is -0.352 e. The Balaban J connectivity index is 2.25. The topological polar surface area (TPSA) is 57.4 Å². The SMILES string of the molecule is CN1CCN(c2nc(NN)c(F)cc2F)CC1. The Bertz CT molecular complexity index is 404. The van der Waals surface area contributed by atoms with Gasteiger partial charge in [-0.1, -0.05) is 0 Å². The van der Waals surface area contributed by atoms with Crippen molar-refractivity contribution in [1.29, 1.82) is 0 Å². The van der Waals surface area contributed by atoms with Crippen LogP contribution < -0.4 is 16.2 Å². The van der Waals surface area contributed by atoms with E-state index in [2.05, 4.69) is 15.3 Å². The minimum absolute atomic E-state index is 0.139. The largest absolute Gasteiger partial charge is 0.352 e. The number of rotatable bonds is 2. The highest BCUT2D eigenvalue weighted by molar-refractivity contribution is 5.49. The van der Waals surface area contributed by atoms with Crippen LogP contribution in [-0.2, 0) is 0 Å². The summed E-state index contributed by atoms with van der Waals surface area (Å²) in [5.74, 6) is 3.68. The maximum absolute atomic E-state index is 13.6. The Kier molecular flexibility index (Phi) is 3.39. The van der Waals surface area contributed by atoms with Crippen molar-refractivity contribution >= 4 is 11.6 Å². The molecule has 0 unspecified atom stereocenters. The first kappa shape index (κ1) is 12.0. The van der Waals surface area contributed by atoms with Crippen molar-refractivity contribution in [3.05, 3.63) is 17.7 Å². The van der Waals surface area contributed by atoms with Crippen LogP contribution in [0.1, 0.15) is 0 Å². The van der Waals surface area contributed by atoms with Crippen LogP contribution in [0.2, 0.25) is 0 Å². The molecule has 1 aliphatic rings. The molecule has 1 saturated heterocycles. The highest BCUT2D eigenvalue weighted by Crippen LogP contribution is 2.22. The van der Waals surface area contributed by atoms with E-state index in [0.29, 0.717) is 13.1 Å². The monoisotopic (exact) mass is 243 g/mol. The molecule has 7 heteroatoms. The van der Waals surface area contributed by atoms with E-state index >= 15 is 0 Å². The zero-order valence-corrected chi connectivity index (χ0v) is 9.58. The van der Waals surface area contributed by atoms with Crippen LogP contribution in [0.25, 0.3) is 0 Å². The molecule has 2 rings (SSSR count). The Labute approximate surface area is 98.2 Å². The second kappa shape index (κ2) is 4.80. The molecule has 17 heavy (non-hydrogen) atoms. The molecular formula is C10H15F2N5. The summed E-state index contributed by atoms with van der Waals surface area (Å²) in [5.41, 5.74) is 2.12. The van der Waals surface area contributed by atoms with Gasteiger partial charge in [0.2, 0.25) is 0 Å². The van der Waals surface area contributed by atoms with Crippen molar-refractivity contribution in [3.63, 3.8) is 0 Å². The first-order valence-electron chi connectivity index (χ1n) is 5.38. The van der Waals surface area contributed by atoms with Crippen molar-refractivity contribution in [3.8, 4) is 0 Å². The molecular weight excluding hydrogens is 228 g/mol. The Hall–Kier alpha value is -1.47. The van der Waals surface area contributed by atoms with Gasteiger partial charge in [-0.25, -0.2) is 19.6 Å². The molecule has 1 fully saturated rings. The van der Waals surface area contributed by atoms with Crippen LogP contribution in [0.3, 0.4) is 0 Å². The molecule has 0 bridgehead atoms. The molecule has 0 amide bonds. The Morgan fingerprint density at radius 2 is 1.88 bits per heavy atom. The highest BCUT2D eigenvalue weighted by Gasteiger charge is 2.20. The summed E-state index contributed by atoms with van der Waals surface area (Å²) in [6.45, 7) is 2.97. The predicted molar refractivity (Wildman–Crippen MR) is 61.7 cm³/mol. The van der Waals surface area contributed by atoms with E-state index in [0.717, 1.165) is 19.2 Å². The summed E-state index contributed by atoms with van der Waals surface area (Å²) in [6.07, 6.45) is 0. The van der Waals surface area contributed by atoms with Crippen LogP contribution in [-0.4, -0.2) is 43.1 Å². The fraction of sp³-hybridized carbons (Fsp3) is 0.500. The molecule has 94 valence electrons. The van der Waals surface area contributed by atoms with Crippen LogP contribution in [0.4, 0.5) is 20.4 Å². The smallest absolute Gasteiger partial charge is 0.178 e. The number of anilines is 2. The number of halogens is 2. The van der Waals surface area contributed by atoms with Gasteiger partial charge in [0.1, 0.15) is 0 Å². The van der Waals surface area contributed by atoms with Crippen molar-refractivity contribution in [2.45, 2.75) is 0 Å². The summed E-state index contributed by atoms with van der Waals surface area (Å²) < 4.78 is 26.8. The normalized spacial score (nSPS) is 17.3. The van der Waals surface area contributed by atoms with Gasteiger partial charge >= 0.3 is 0 Å². The number of aromatic nitrogens is 1. The average Bonchev–Trinajstić information content (AvgIpc) is 2.31. The lowest BCUT2D eigenvalue weighted by Crippen LogP contribution is -2.45. The third-order valence-electron chi connectivity index (χ3n) is 2.85. The molecule has 0 saturated carbocycles. The predicted octanol–water partition coefficient (Wildman–Crippen LogP) is 0.397. The lowest BCUT2D eigenvalue weighted by atomic mass is 10.3. The van der Waals surface area contributed by atoms with Crippen LogP contribution in [0, 0.1) is 11.6 Å². The molecule has 5 nitrogen and oxygen atoms in total. The summed E-state index contributed by atoms with van der Waals surface area (Å²) in [7, 11) is 2.00. The van der Waals surface area contributed by atoms with Gasteiger partial charge in [0.25, 0.3) is 0 Å². The Morgan fingerprint density at radius 3 is 2.47 bits per heavy atom. The molecule has 2 heterocycles. The van der Waals surface area contributed by atoms with E-state index in [-0.39, 0.29) is 11.6 Å². The summed E-state index contributed by atoms with van der Waals surface area (Å²) in [4.78, 5) is 7.79. The van der Waals surface area contributed by atoms with E-state index in [9.17, 15) is 8.78 Å². The molecule has 1 aromatic heterocycles. The van der Waals surface area contributed by atoms with Gasteiger partial charge in [0.15, 0.2) is 23.3 Å². The number of nitrogens with two attached hydrogens (primary N) is 1. The number of nitrogens with one attached hydrogen (secondary N) is 1. The third kappa shape index (κ3) is 2.45. The number of hydrogen-bond donors (Lipinski definition) is 2. The highest BCUT2D eigenvalue weighted by atomic mass is 19.1. The molecule has 0 radical (unpaired) electrons. The maximum atomic E-state index is 13.6. The first-order valence-corrected chi connectivity index (χ1v) is 5.38. The van der Waals surface area contributed by atoms with E-state index in [1.54, 1.807) is 4.90 Å². The quantitative estimate of drug-likeness (QED) is 0.581. The number of nitrogen functional groups attached to an aromatic ring is 1. The average molecular weight is 243 g/mol. The molecule has 0 aromatic carbocycles. The van der Waals surface area contributed by atoms with Crippen molar-refractivity contribution < 1.29 is 8.78 Å². The zero-order valence-electron chi connectivity index (χ0n) is 9.58. The van der Waals surface area contributed by atoms with Gasteiger partial charge in [-0.15, -0.1) is 0 Å². The summed E-state index contributed by atoms with van der Waals surface area (Å²) >= 11 is 0. The van der Waals surface area contributed by atoms with E-state index in [4.69, 9.17) is 5.84 Å². The summed E-state index contributed by atoms with van der Waals surface area (Å²) in [5, 5.41) is 0. The number of nitrogens with zero attached hydrogens (tertiary/aromatic N) is 3. The van der Waals surface area contributed by atoms with Gasteiger partial charge in [0, 0.05) is 32.2 Å². The van der Waals surface area contributed by atoms with Gasteiger partial charge in [-0.3, -0.25) is 0 Å². The number of pyridine rings is 1. The standard InChI is InChI=1S/C10H15F2N5/c1-16-2-4-17(5-3-16)10-8(12)6-7(11)9(14-10)15-13/h6H,2-5,13H2,1H3,(H,14,15).